The SMILES string of the molecule is Cc1cc(/C=C/C#N)cc(Oc2c(C(C)C)c(=O)[nH]c(=O)n2CC2(C)C=CN=C2F)c1. The third-order valence-electron chi connectivity index (χ3n) is 4.99. The molecule has 8 heteroatoms. The number of aliphatic imine (C=N–C) groups is 1. The van der Waals surface area contributed by atoms with Gasteiger partial charge in [0.05, 0.1) is 17.0 Å². The smallest absolute Gasteiger partial charge is 0.331 e. The third-order valence-corrected chi connectivity index (χ3v) is 4.99. The second-order valence-corrected chi connectivity index (χ2v) is 8.02. The highest BCUT2D eigenvalue weighted by atomic mass is 19.1. The maximum Gasteiger partial charge on any atom is 0.331 e. The van der Waals surface area contributed by atoms with E-state index in [-0.39, 0.29) is 23.9 Å². The van der Waals surface area contributed by atoms with E-state index < -0.39 is 22.6 Å². The predicted molar refractivity (Wildman–Crippen MR) is 117 cm³/mol. The van der Waals surface area contributed by atoms with Gasteiger partial charge >= 0.3 is 5.69 Å². The number of nitrogens with zero attached hydrogens (tertiary/aromatic N) is 3. The second-order valence-electron chi connectivity index (χ2n) is 8.02. The van der Waals surface area contributed by atoms with Crippen LogP contribution in [0.4, 0.5) is 4.39 Å². The number of H-pyrrole nitrogens is 1. The largest absolute Gasteiger partial charge is 0.440 e. The highest BCUT2D eigenvalue weighted by Crippen LogP contribution is 2.33. The van der Waals surface area contributed by atoms with Gasteiger partial charge in [-0.05, 0) is 49.1 Å². The van der Waals surface area contributed by atoms with E-state index in [9.17, 15) is 14.0 Å². The molecule has 2 aromatic rings. The van der Waals surface area contributed by atoms with Crippen LogP contribution in [-0.2, 0) is 6.54 Å². The molecule has 31 heavy (non-hydrogen) atoms. The minimum absolute atomic E-state index is 0.0545. The number of allylic oxidation sites excluding steroid dienone is 2. The summed E-state index contributed by atoms with van der Waals surface area (Å²) in [6.45, 7) is 6.99. The van der Waals surface area contributed by atoms with E-state index in [1.807, 2.05) is 32.9 Å². The molecule has 1 N–H and O–H groups in total. The topological polar surface area (TPSA) is 100 Å². The molecule has 0 spiro atoms. The summed E-state index contributed by atoms with van der Waals surface area (Å²) in [6, 6.07) is 7.25. The van der Waals surface area contributed by atoms with Crippen molar-refractivity contribution in [2.24, 2.45) is 10.4 Å². The summed E-state index contributed by atoms with van der Waals surface area (Å²) < 4.78 is 21.7. The Kier molecular flexibility index (Phi) is 6.07. The summed E-state index contributed by atoms with van der Waals surface area (Å²) in [7, 11) is 0. The lowest BCUT2D eigenvalue weighted by Crippen LogP contribution is -2.38. The number of ether oxygens (including phenoxy) is 1. The minimum Gasteiger partial charge on any atom is -0.440 e. The van der Waals surface area contributed by atoms with Crippen molar-refractivity contribution in [3.05, 3.63) is 74.1 Å². The minimum atomic E-state index is -1.14. The summed E-state index contributed by atoms with van der Waals surface area (Å²) in [6.07, 6.45) is 5.89. The Labute approximate surface area is 178 Å². The maximum atomic E-state index is 14.3. The van der Waals surface area contributed by atoms with Gasteiger partial charge in [0.25, 0.3) is 5.56 Å². The van der Waals surface area contributed by atoms with Gasteiger partial charge in [0.1, 0.15) is 5.75 Å². The van der Waals surface area contributed by atoms with Crippen LogP contribution in [0.5, 0.6) is 11.6 Å². The van der Waals surface area contributed by atoms with Crippen LogP contribution >= 0.6 is 0 Å². The van der Waals surface area contributed by atoms with Crippen LogP contribution in [0.15, 0.2) is 51.1 Å². The van der Waals surface area contributed by atoms with Crippen LogP contribution in [0.2, 0.25) is 0 Å². The van der Waals surface area contributed by atoms with Crippen LogP contribution in [0.25, 0.3) is 6.08 Å². The molecule has 3 rings (SSSR count). The lowest BCUT2D eigenvalue weighted by atomic mass is 9.92. The summed E-state index contributed by atoms with van der Waals surface area (Å²) in [5.41, 5.74) is -0.519. The number of nitrogens with one attached hydrogen (secondary N) is 1. The maximum absolute atomic E-state index is 14.3. The highest BCUT2D eigenvalue weighted by molar-refractivity contribution is 5.85. The van der Waals surface area contributed by atoms with Gasteiger partial charge in [-0.3, -0.25) is 14.3 Å². The number of benzene rings is 1. The van der Waals surface area contributed by atoms with Crippen molar-refractivity contribution in [3.8, 4) is 17.7 Å². The van der Waals surface area contributed by atoms with Crippen LogP contribution in [-0.4, -0.2) is 15.5 Å². The molecule has 1 aromatic carbocycles. The molecule has 0 fully saturated rings. The van der Waals surface area contributed by atoms with Crippen molar-refractivity contribution in [1.82, 2.24) is 9.55 Å². The predicted octanol–water partition coefficient (Wildman–Crippen LogP) is 4.20. The number of aryl methyl sites for hydroxylation is 1. The Morgan fingerprint density at radius 1 is 1.35 bits per heavy atom. The first-order chi connectivity index (χ1) is 14.6. The third kappa shape index (κ3) is 4.56. The quantitative estimate of drug-likeness (QED) is 0.705. The van der Waals surface area contributed by atoms with E-state index in [1.165, 1.54) is 16.8 Å². The van der Waals surface area contributed by atoms with Gasteiger partial charge in [-0.15, -0.1) is 0 Å². The molecule has 1 atom stereocenters. The Morgan fingerprint density at radius 3 is 2.71 bits per heavy atom. The molecule has 0 saturated heterocycles. The van der Waals surface area contributed by atoms with Crippen molar-refractivity contribution >= 4 is 12.0 Å². The second kappa shape index (κ2) is 8.56. The molecule has 7 nitrogen and oxygen atoms in total. The lowest BCUT2D eigenvalue weighted by molar-refractivity contribution is 0.360. The molecule has 1 unspecified atom stereocenters. The Hall–Kier alpha value is -3.73. The van der Waals surface area contributed by atoms with Gasteiger partial charge in [0.15, 0.2) is 0 Å². The first kappa shape index (κ1) is 22.0. The van der Waals surface area contributed by atoms with Gasteiger partial charge in [-0.1, -0.05) is 26.0 Å². The summed E-state index contributed by atoms with van der Waals surface area (Å²) >= 11 is 0. The van der Waals surface area contributed by atoms with Crippen molar-refractivity contribution in [2.75, 3.05) is 0 Å². The molecule has 160 valence electrons. The molecular formula is C23H23FN4O3. The van der Waals surface area contributed by atoms with E-state index in [1.54, 1.807) is 31.2 Å². The van der Waals surface area contributed by atoms with Gasteiger partial charge in [0.2, 0.25) is 11.8 Å². The Balaban J connectivity index is 2.18. The van der Waals surface area contributed by atoms with Gasteiger partial charge in [0, 0.05) is 18.8 Å². The summed E-state index contributed by atoms with van der Waals surface area (Å²) in [5, 5.41) is 8.79. The number of rotatable bonds is 6. The van der Waals surface area contributed by atoms with Gasteiger partial charge in [-0.2, -0.15) is 9.65 Å². The molecule has 1 aliphatic rings. The molecule has 0 aliphatic carbocycles. The van der Waals surface area contributed by atoms with Gasteiger partial charge < -0.3 is 4.74 Å². The number of aromatic nitrogens is 2. The van der Waals surface area contributed by atoms with Crippen LogP contribution in [0.3, 0.4) is 0 Å². The first-order valence-corrected chi connectivity index (χ1v) is 9.79. The summed E-state index contributed by atoms with van der Waals surface area (Å²) in [5.74, 6) is -0.445. The number of hydrogen-bond donors (Lipinski definition) is 1. The number of hydrogen-bond acceptors (Lipinski definition) is 5. The Bertz CT molecular complexity index is 1260. The van der Waals surface area contributed by atoms with E-state index in [2.05, 4.69) is 9.98 Å². The zero-order valence-corrected chi connectivity index (χ0v) is 17.8. The van der Waals surface area contributed by atoms with E-state index in [4.69, 9.17) is 10.00 Å². The monoisotopic (exact) mass is 422 g/mol. The number of halogens is 1. The van der Waals surface area contributed by atoms with Crippen molar-refractivity contribution < 1.29 is 9.13 Å². The number of aromatic amines is 1. The highest BCUT2D eigenvalue weighted by Gasteiger charge is 2.34. The van der Waals surface area contributed by atoms with E-state index in [0.717, 1.165) is 11.1 Å². The van der Waals surface area contributed by atoms with Crippen molar-refractivity contribution in [3.63, 3.8) is 0 Å². The molecule has 2 heterocycles. The first-order valence-electron chi connectivity index (χ1n) is 9.79. The fourth-order valence-electron chi connectivity index (χ4n) is 3.44. The molecule has 0 saturated carbocycles. The van der Waals surface area contributed by atoms with E-state index >= 15 is 0 Å². The van der Waals surface area contributed by atoms with Gasteiger partial charge in [-0.25, -0.2) is 9.79 Å². The normalized spacial score (nSPS) is 17.9. The Morgan fingerprint density at radius 2 is 2.10 bits per heavy atom. The molecular weight excluding hydrogens is 399 g/mol. The fourth-order valence-corrected chi connectivity index (χ4v) is 3.44. The molecule has 1 aromatic heterocycles. The summed E-state index contributed by atoms with van der Waals surface area (Å²) in [4.78, 5) is 31.3. The molecule has 0 amide bonds. The molecule has 1 aliphatic heterocycles. The zero-order chi connectivity index (χ0) is 22.8. The van der Waals surface area contributed by atoms with Crippen LogP contribution in [0, 0.1) is 23.7 Å². The van der Waals surface area contributed by atoms with Crippen molar-refractivity contribution in [1.29, 1.82) is 5.26 Å². The van der Waals surface area contributed by atoms with Crippen LogP contribution in [0.1, 0.15) is 43.4 Å². The average molecular weight is 422 g/mol. The van der Waals surface area contributed by atoms with Crippen LogP contribution < -0.4 is 16.0 Å². The van der Waals surface area contributed by atoms with Crippen molar-refractivity contribution in [2.45, 2.75) is 40.2 Å². The molecule has 0 radical (unpaired) electrons. The lowest BCUT2D eigenvalue weighted by Gasteiger charge is -2.24. The standard InChI is InChI=1S/C23H23FN4O3/c1-14(2)18-19(29)27-22(30)28(13-23(4)7-9-26-21(23)24)20(18)31-17-11-15(3)10-16(12-17)6-5-8-25/h5-7,9-12,14H,13H2,1-4H3,(H,27,29,30)/b6-5+. The fraction of sp³-hybridized carbons (Fsp3) is 0.304. The average Bonchev–Trinajstić information content (AvgIpc) is 3.01. The molecule has 0 bridgehead atoms. The van der Waals surface area contributed by atoms with E-state index in [0.29, 0.717) is 5.75 Å². The number of nitriles is 1. The zero-order valence-electron chi connectivity index (χ0n) is 17.8.